The minimum Gasteiger partial charge on any atom is -0.370 e. The molecule has 1 N–H and O–H groups in total. The van der Waals surface area contributed by atoms with Crippen LogP contribution in [0.5, 0.6) is 0 Å². The maximum atomic E-state index is 11.7. The summed E-state index contributed by atoms with van der Waals surface area (Å²) in [5.74, 6) is 0.588. The van der Waals surface area contributed by atoms with Crippen LogP contribution in [0.2, 0.25) is 0 Å². The van der Waals surface area contributed by atoms with Gasteiger partial charge in [0.1, 0.15) is 0 Å². The monoisotopic (exact) mass is 368 g/mol. The van der Waals surface area contributed by atoms with Gasteiger partial charge in [-0.1, -0.05) is 31.4 Å². The highest BCUT2D eigenvalue weighted by atomic mass is 16.5. The Hall–Kier alpha value is -1.55. The SMILES string of the molecule is CC(=O)N[C@@H]1C[C@H](c2ccc3c(c2)CCN3C2CCCC2)O[C@@H]2CCC[C@@H]12. The molecule has 0 aromatic heterocycles. The van der Waals surface area contributed by atoms with Crippen molar-refractivity contribution in [2.75, 3.05) is 11.4 Å². The van der Waals surface area contributed by atoms with E-state index in [9.17, 15) is 4.79 Å². The van der Waals surface area contributed by atoms with Crippen LogP contribution >= 0.6 is 0 Å². The summed E-state index contributed by atoms with van der Waals surface area (Å²) in [7, 11) is 0. The first-order chi connectivity index (χ1) is 13.2. The van der Waals surface area contributed by atoms with Crippen LogP contribution in [0.3, 0.4) is 0 Å². The van der Waals surface area contributed by atoms with Crippen LogP contribution in [0.15, 0.2) is 18.2 Å². The Balaban J connectivity index is 1.36. The number of nitrogens with zero attached hydrogens (tertiary/aromatic N) is 1. The molecular weight excluding hydrogens is 336 g/mol. The number of nitrogens with one attached hydrogen (secondary N) is 1. The van der Waals surface area contributed by atoms with Crippen molar-refractivity contribution in [1.82, 2.24) is 5.32 Å². The molecule has 1 saturated heterocycles. The lowest BCUT2D eigenvalue weighted by Crippen LogP contribution is -2.47. The summed E-state index contributed by atoms with van der Waals surface area (Å²) in [6.07, 6.45) is 11.5. The normalized spacial score (nSPS) is 33.1. The minimum atomic E-state index is 0.0902. The third kappa shape index (κ3) is 3.26. The molecule has 1 amide bonds. The summed E-state index contributed by atoms with van der Waals surface area (Å²) in [6.45, 7) is 2.82. The number of hydrogen-bond donors (Lipinski definition) is 1. The Morgan fingerprint density at radius 2 is 2.00 bits per heavy atom. The second-order valence-corrected chi connectivity index (χ2v) is 9.07. The maximum Gasteiger partial charge on any atom is 0.217 e. The third-order valence-corrected chi connectivity index (χ3v) is 7.39. The molecule has 0 bridgehead atoms. The van der Waals surface area contributed by atoms with E-state index in [0.717, 1.165) is 25.3 Å². The van der Waals surface area contributed by atoms with Gasteiger partial charge < -0.3 is 15.0 Å². The average Bonchev–Trinajstić information content (AvgIpc) is 3.39. The van der Waals surface area contributed by atoms with Crippen LogP contribution in [-0.2, 0) is 16.0 Å². The zero-order valence-electron chi connectivity index (χ0n) is 16.5. The average molecular weight is 369 g/mol. The molecule has 2 aliphatic carbocycles. The lowest BCUT2D eigenvalue weighted by Gasteiger charge is -2.39. The summed E-state index contributed by atoms with van der Waals surface area (Å²) in [4.78, 5) is 14.4. The summed E-state index contributed by atoms with van der Waals surface area (Å²) in [6, 6.07) is 8.04. The van der Waals surface area contributed by atoms with Crippen LogP contribution in [-0.4, -0.2) is 30.6 Å². The van der Waals surface area contributed by atoms with E-state index < -0.39 is 0 Å². The molecule has 0 spiro atoms. The number of benzene rings is 1. The number of ether oxygens (including phenoxy) is 1. The Bertz CT molecular complexity index is 712. The van der Waals surface area contributed by atoms with Crippen molar-refractivity contribution in [2.24, 2.45) is 5.92 Å². The van der Waals surface area contributed by atoms with E-state index in [2.05, 4.69) is 28.4 Å². The predicted molar refractivity (Wildman–Crippen MR) is 107 cm³/mol. The Kier molecular flexibility index (Phi) is 4.63. The van der Waals surface area contributed by atoms with Gasteiger partial charge in [-0.2, -0.15) is 0 Å². The number of rotatable bonds is 3. The highest BCUT2D eigenvalue weighted by Gasteiger charge is 2.42. The second kappa shape index (κ2) is 7.12. The largest absolute Gasteiger partial charge is 0.370 e. The van der Waals surface area contributed by atoms with E-state index in [4.69, 9.17) is 4.74 Å². The fourth-order valence-electron chi connectivity index (χ4n) is 6.14. The Labute approximate surface area is 162 Å². The standard InChI is InChI=1S/C23H32N2O2/c1-15(26)24-20-14-23(27-22-8-4-7-19(20)22)17-9-10-21-16(13-17)11-12-25(21)18-5-2-3-6-18/h9-10,13,18-20,22-23H,2-8,11-12,14H2,1H3,(H,24,26)/t19-,20+,22+,23+/m0/s1. The summed E-state index contributed by atoms with van der Waals surface area (Å²) < 4.78 is 6.53. The number of anilines is 1. The molecule has 0 radical (unpaired) electrons. The van der Waals surface area contributed by atoms with Crippen molar-refractivity contribution in [3.8, 4) is 0 Å². The van der Waals surface area contributed by atoms with Crippen molar-refractivity contribution in [3.63, 3.8) is 0 Å². The quantitative estimate of drug-likeness (QED) is 0.872. The van der Waals surface area contributed by atoms with Crippen molar-refractivity contribution in [1.29, 1.82) is 0 Å². The van der Waals surface area contributed by atoms with E-state index in [1.165, 1.54) is 61.9 Å². The first-order valence-electron chi connectivity index (χ1n) is 11.0. The molecule has 3 fully saturated rings. The third-order valence-electron chi connectivity index (χ3n) is 7.39. The van der Waals surface area contributed by atoms with E-state index in [1.807, 2.05) is 0 Å². The molecule has 2 saturated carbocycles. The molecule has 27 heavy (non-hydrogen) atoms. The topological polar surface area (TPSA) is 41.6 Å². The number of carbonyl (C=O) groups is 1. The zero-order valence-corrected chi connectivity index (χ0v) is 16.5. The van der Waals surface area contributed by atoms with E-state index >= 15 is 0 Å². The smallest absolute Gasteiger partial charge is 0.217 e. The lowest BCUT2D eigenvalue weighted by molar-refractivity contribution is -0.124. The van der Waals surface area contributed by atoms with Gasteiger partial charge >= 0.3 is 0 Å². The first kappa shape index (κ1) is 17.5. The van der Waals surface area contributed by atoms with Crippen LogP contribution in [0.25, 0.3) is 0 Å². The van der Waals surface area contributed by atoms with Crippen LogP contribution < -0.4 is 10.2 Å². The Morgan fingerprint density at radius 3 is 2.81 bits per heavy atom. The molecular formula is C23H32N2O2. The molecule has 4 atom stereocenters. The van der Waals surface area contributed by atoms with E-state index in [-0.39, 0.29) is 18.1 Å². The molecule has 4 nitrogen and oxygen atoms in total. The van der Waals surface area contributed by atoms with Crippen LogP contribution in [0, 0.1) is 5.92 Å². The Morgan fingerprint density at radius 1 is 1.15 bits per heavy atom. The molecule has 146 valence electrons. The fraction of sp³-hybridized carbons (Fsp3) is 0.696. The highest BCUT2D eigenvalue weighted by Crippen LogP contribution is 2.44. The van der Waals surface area contributed by atoms with Crippen molar-refractivity contribution in [3.05, 3.63) is 29.3 Å². The van der Waals surface area contributed by atoms with Crippen molar-refractivity contribution >= 4 is 11.6 Å². The lowest BCUT2D eigenvalue weighted by atomic mass is 9.86. The molecule has 2 aliphatic heterocycles. The molecule has 4 aliphatic rings. The van der Waals surface area contributed by atoms with Gasteiger partial charge in [-0.3, -0.25) is 4.79 Å². The molecule has 0 unspecified atom stereocenters. The minimum absolute atomic E-state index is 0.0902. The predicted octanol–water partition coefficient (Wildman–Crippen LogP) is 4.13. The molecule has 1 aromatic rings. The summed E-state index contributed by atoms with van der Waals surface area (Å²) >= 11 is 0. The number of hydrogen-bond acceptors (Lipinski definition) is 3. The molecule has 5 rings (SSSR count). The fourth-order valence-corrected chi connectivity index (χ4v) is 6.14. The van der Waals surface area contributed by atoms with Crippen molar-refractivity contribution in [2.45, 2.75) is 89.0 Å². The van der Waals surface area contributed by atoms with Gasteiger partial charge in [0.15, 0.2) is 0 Å². The highest BCUT2D eigenvalue weighted by molar-refractivity contribution is 5.73. The number of fused-ring (bicyclic) bond motifs is 2. The molecule has 2 heterocycles. The van der Waals surface area contributed by atoms with Gasteiger partial charge in [-0.15, -0.1) is 0 Å². The van der Waals surface area contributed by atoms with Gasteiger partial charge in [0, 0.05) is 37.2 Å². The number of amides is 1. The van der Waals surface area contributed by atoms with Gasteiger partial charge in [-0.05, 0) is 55.7 Å². The first-order valence-corrected chi connectivity index (χ1v) is 11.0. The number of carbonyl (C=O) groups excluding carboxylic acids is 1. The summed E-state index contributed by atoms with van der Waals surface area (Å²) in [5.41, 5.74) is 4.26. The van der Waals surface area contributed by atoms with Crippen molar-refractivity contribution < 1.29 is 9.53 Å². The van der Waals surface area contributed by atoms with Crippen LogP contribution in [0.4, 0.5) is 5.69 Å². The second-order valence-electron chi connectivity index (χ2n) is 9.07. The van der Waals surface area contributed by atoms with Gasteiger partial charge in [0.2, 0.25) is 5.91 Å². The maximum absolute atomic E-state index is 11.7. The molecule has 4 heteroatoms. The van der Waals surface area contributed by atoms with Gasteiger partial charge in [0.25, 0.3) is 0 Å². The van der Waals surface area contributed by atoms with Gasteiger partial charge in [0.05, 0.1) is 12.2 Å². The van der Waals surface area contributed by atoms with E-state index in [0.29, 0.717) is 12.0 Å². The zero-order chi connectivity index (χ0) is 18.4. The van der Waals surface area contributed by atoms with Crippen LogP contribution in [0.1, 0.15) is 75.5 Å². The van der Waals surface area contributed by atoms with E-state index in [1.54, 1.807) is 6.92 Å². The van der Waals surface area contributed by atoms with Gasteiger partial charge in [-0.25, -0.2) is 0 Å². The molecule has 1 aromatic carbocycles. The summed E-state index contributed by atoms with van der Waals surface area (Å²) in [5, 5.41) is 3.22.